The van der Waals surface area contributed by atoms with E-state index in [1.807, 2.05) is 23.6 Å². The van der Waals surface area contributed by atoms with Gasteiger partial charge in [-0.1, -0.05) is 79.9 Å². The Bertz CT molecular complexity index is 1610. The van der Waals surface area contributed by atoms with Crippen molar-refractivity contribution in [2.45, 2.75) is 62.7 Å². The molecular formula is C36H35F2N3O3S. The number of hydrogen-bond acceptors (Lipinski definition) is 4. The molecule has 3 aromatic carbocycles. The van der Waals surface area contributed by atoms with E-state index in [4.69, 9.17) is 0 Å². The van der Waals surface area contributed by atoms with Crippen LogP contribution in [-0.4, -0.2) is 34.7 Å². The number of amides is 3. The average Bonchev–Trinajstić information content (AvgIpc) is 3.72. The molecule has 1 aromatic heterocycles. The number of thiophene rings is 1. The summed E-state index contributed by atoms with van der Waals surface area (Å²) in [5.74, 6) is -3.10. The Morgan fingerprint density at radius 3 is 2.11 bits per heavy atom. The molecule has 232 valence electrons. The van der Waals surface area contributed by atoms with Crippen LogP contribution in [0.4, 0.5) is 13.6 Å². The number of hydrogen-bond donors (Lipinski definition) is 2. The van der Waals surface area contributed by atoms with E-state index in [1.54, 1.807) is 53.4 Å². The molecule has 2 fully saturated rings. The Kier molecular flexibility index (Phi) is 9.35. The molecular weight excluding hydrogens is 592 g/mol. The van der Waals surface area contributed by atoms with Crippen molar-refractivity contribution in [1.29, 1.82) is 0 Å². The van der Waals surface area contributed by atoms with Crippen molar-refractivity contribution in [3.05, 3.63) is 130 Å². The maximum Gasteiger partial charge on any atom is 0.318 e. The third kappa shape index (κ3) is 6.68. The summed E-state index contributed by atoms with van der Waals surface area (Å²) in [4.78, 5) is 45.7. The Labute approximate surface area is 265 Å². The van der Waals surface area contributed by atoms with Crippen LogP contribution in [0.15, 0.2) is 96.4 Å². The van der Waals surface area contributed by atoms with E-state index in [0.29, 0.717) is 16.7 Å². The minimum Gasteiger partial charge on any atom is -0.350 e. The SMILES string of the molecule is O=C(c1ccccc1)C1C(c2ccc(F)cc2)C(C(=O)NCc2ccc(F)cc2)N(C(=O)NC2CCCCC2)C1c1cccs1. The van der Waals surface area contributed by atoms with Crippen molar-refractivity contribution < 1.29 is 23.2 Å². The number of ketones is 1. The first-order valence-electron chi connectivity index (χ1n) is 15.4. The minimum atomic E-state index is -1.09. The molecule has 0 radical (unpaired) electrons. The second-order valence-corrected chi connectivity index (χ2v) is 12.8. The Morgan fingerprint density at radius 1 is 0.800 bits per heavy atom. The summed E-state index contributed by atoms with van der Waals surface area (Å²) in [5.41, 5.74) is 1.74. The molecule has 4 atom stereocenters. The monoisotopic (exact) mass is 627 g/mol. The summed E-state index contributed by atoms with van der Waals surface area (Å²) in [5, 5.41) is 8.05. The van der Waals surface area contributed by atoms with Crippen LogP contribution in [-0.2, 0) is 11.3 Å². The van der Waals surface area contributed by atoms with Gasteiger partial charge in [0.15, 0.2) is 5.78 Å². The highest BCUT2D eigenvalue weighted by atomic mass is 32.1. The van der Waals surface area contributed by atoms with Crippen LogP contribution in [0.1, 0.15) is 70.4 Å². The highest BCUT2D eigenvalue weighted by Gasteiger charge is 2.58. The van der Waals surface area contributed by atoms with Crippen LogP contribution in [0.3, 0.4) is 0 Å². The predicted molar refractivity (Wildman–Crippen MR) is 170 cm³/mol. The first-order valence-corrected chi connectivity index (χ1v) is 16.3. The van der Waals surface area contributed by atoms with Gasteiger partial charge in [-0.3, -0.25) is 9.59 Å². The van der Waals surface area contributed by atoms with Gasteiger partial charge in [0, 0.05) is 28.9 Å². The van der Waals surface area contributed by atoms with Gasteiger partial charge in [-0.05, 0) is 59.7 Å². The lowest BCUT2D eigenvalue weighted by atomic mass is 9.77. The van der Waals surface area contributed by atoms with Crippen LogP contribution in [0, 0.1) is 17.6 Å². The molecule has 0 spiro atoms. The summed E-state index contributed by atoms with van der Waals surface area (Å²) in [6.07, 6.45) is 4.82. The van der Waals surface area contributed by atoms with Gasteiger partial charge in [0.25, 0.3) is 0 Å². The van der Waals surface area contributed by atoms with Crippen molar-refractivity contribution in [1.82, 2.24) is 15.5 Å². The molecule has 4 aromatic rings. The van der Waals surface area contributed by atoms with Gasteiger partial charge in [-0.15, -0.1) is 11.3 Å². The molecule has 1 saturated heterocycles. The minimum absolute atomic E-state index is 0.0358. The van der Waals surface area contributed by atoms with Crippen molar-refractivity contribution in [3.8, 4) is 0 Å². The lowest BCUT2D eigenvalue weighted by Crippen LogP contribution is -2.53. The fourth-order valence-electron chi connectivity index (χ4n) is 6.80. The van der Waals surface area contributed by atoms with Gasteiger partial charge < -0.3 is 15.5 Å². The maximum absolute atomic E-state index is 14.5. The molecule has 2 N–H and O–H groups in total. The molecule has 9 heteroatoms. The molecule has 1 aliphatic heterocycles. The highest BCUT2D eigenvalue weighted by molar-refractivity contribution is 7.10. The van der Waals surface area contributed by atoms with E-state index in [1.165, 1.54) is 35.6 Å². The fraction of sp³-hybridized carbons (Fsp3) is 0.306. The fourth-order valence-corrected chi connectivity index (χ4v) is 7.67. The summed E-state index contributed by atoms with van der Waals surface area (Å²) in [7, 11) is 0. The number of halogens is 2. The number of Topliss-reactive ketones (excluding diaryl/α,β-unsaturated/α-hetero) is 1. The standard InChI is InChI=1S/C36H35F2N3O3S/c37-26-17-13-23(14-18-26)22-39-35(43)33-30(24-15-19-27(38)20-16-24)31(34(42)25-8-3-1-4-9-25)32(29-12-7-21-45-29)41(33)36(44)40-28-10-5-2-6-11-28/h1,3-4,7-9,12-21,28,30-33H,2,5-6,10-11,22H2,(H,39,43)(H,40,44). The summed E-state index contributed by atoms with van der Waals surface area (Å²) >= 11 is 1.43. The van der Waals surface area contributed by atoms with E-state index < -0.39 is 41.7 Å². The molecule has 2 aliphatic rings. The number of likely N-dealkylation sites (tertiary alicyclic amines) is 1. The molecule has 3 amide bonds. The Balaban J connectivity index is 1.47. The number of nitrogens with zero attached hydrogens (tertiary/aromatic N) is 1. The second kappa shape index (κ2) is 13.7. The number of rotatable bonds is 8. The predicted octanol–water partition coefficient (Wildman–Crippen LogP) is 7.39. The van der Waals surface area contributed by atoms with Crippen LogP contribution in [0.5, 0.6) is 0 Å². The zero-order chi connectivity index (χ0) is 31.3. The average molecular weight is 628 g/mol. The van der Waals surface area contributed by atoms with Crippen LogP contribution >= 0.6 is 11.3 Å². The summed E-state index contributed by atoms with van der Waals surface area (Å²) in [6, 6.07) is 22.0. The summed E-state index contributed by atoms with van der Waals surface area (Å²) < 4.78 is 27.8. The third-order valence-corrected chi connectivity index (χ3v) is 9.88. The molecule has 1 aliphatic carbocycles. The molecule has 45 heavy (non-hydrogen) atoms. The quantitative estimate of drug-likeness (QED) is 0.200. The number of carbonyl (C=O) groups is 3. The maximum atomic E-state index is 14.5. The molecule has 0 bridgehead atoms. The first-order chi connectivity index (χ1) is 21.9. The van der Waals surface area contributed by atoms with Gasteiger partial charge in [0.2, 0.25) is 5.91 Å². The first kappa shape index (κ1) is 30.6. The second-order valence-electron chi connectivity index (χ2n) is 11.8. The van der Waals surface area contributed by atoms with Gasteiger partial charge in [0.05, 0.1) is 12.0 Å². The number of benzene rings is 3. The van der Waals surface area contributed by atoms with E-state index in [9.17, 15) is 23.2 Å². The zero-order valence-electron chi connectivity index (χ0n) is 24.7. The number of carbonyl (C=O) groups excluding carboxylic acids is 3. The van der Waals surface area contributed by atoms with Gasteiger partial charge in [-0.2, -0.15) is 0 Å². The van der Waals surface area contributed by atoms with Crippen LogP contribution in [0.25, 0.3) is 0 Å². The van der Waals surface area contributed by atoms with Crippen molar-refractivity contribution >= 4 is 29.1 Å². The lowest BCUT2D eigenvalue weighted by molar-refractivity contribution is -0.125. The number of nitrogens with one attached hydrogen (secondary N) is 2. The smallest absolute Gasteiger partial charge is 0.318 e. The van der Waals surface area contributed by atoms with E-state index in [-0.39, 0.29) is 24.2 Å². The van der Waals surface area contributed by atoms with Gasteiger partial charge in [-0.25, -0.2) is 13.6 Å². The molecule has 2 heterocycles. The Hall–Kier alpha value is -4.37. The van der Waals surface area contributed by atoms with E-state index in [2.05, 4.69) is 10.6 Å². The van der Waals surface area contributed by atoms with E-state index in [0.717, 1.165) is 37.0 Å². The molecule has 4 unspecified atom stereocenters. The van der Waals surface area contributed by atoms with Crippen molar-refractivity contribution in [3.63, 3.8) is 0 Å². The van der Waals surface area contributed by atoms with Gasteiger partial charge in [0.1, 0.15) is 17.7 Å². The molecule has 6 nitrogen and oxygen atoms in total. The van der Waals surface area contributed by atoms with Crippen LogP contribution in [0.2, 0.25) is 0 Å². The molecule has 6 rings (SSSR count). The van der Waals surface area contributed by atoms with E-state index >= 15 is 0 Å². The van der Waals surface area contributed by atoms with Crippen molar-refractivity contribution in [2.75, 3.05) is 0 Å². The van der Waals surface area contributed by atoms with Gasteiger partial charge >= 0.3 is 6.03 Å². The largest absolute Gasteiger partial charge is 0.350 e. The molecule has 1 saturated carbocycles. The topological polar surface area (TPSA) is 78.5 Å². The highest BCUT2D eigenvalue weighted by Crippen LogP contribution is 2.52. The third-order valence-electron chi connectivity index (χ3n) is 8.93. The van der Waals surface area contributed by atoms with Crippen LogP contribution < -0.4 is 10.6 Å². The lowest BCUT2D eigenvalue weighted by Gasteiger charge is -2.33. The zero-order valence-corrected chi connectivity index (χ0v) is 25.5. The van der Waals surface area contributed by atoms with Crippen molar-refractivity contribution in [2.24, 2.45) is 5.92 Å². The summed E-state index contributed by atoms with van der Waals surface area (Å²) in [6.45, 7) is 0.102. The normalized spacial score (nSPS) is 21.8. The number of urea groups is 1. The Morgan fingerprint density at radius 2 is 1.47 bits per heavy atom.